The first-order chi connectivity index (χ1) is 7.04. The minimum atomic E-state index is -0.126. The van der Waals surface area contributed by atoms with Gasteiger partial charge < -0.3 is 10.5 Å². The minimum absolute atomic E-state index is 0.0442. The Hall–Kier alpha value is -0.570. The van der Waals surface area contributed by atoms with Gasteiger partial charge in [0.1, 0.15) is 6.10 Å². The lowest BCUT2D eigenvalue weighted by molar-refractivity contribution is -0.156. The number of hydrogen-bond donors (Lipinski definition) is 1. The highest BCUT2D eigenvalue weighted by Gasteiger charge is 2.48. The molecule has 2 N–H and O–H groups in total. The van der Waals surface area contributed by atoms with Crippen molar-refractivity contribution in [3.8, 4) is 0 Å². The van der Waals surface area contributed by atoms with Crippen LogP contribution in [0.4, 0.5) is 0 Å². The minimum Gasteiger partial charge on any atom is -0.462 e. The van der Waals surface area contributed by atoms with Crippen molar-refractivity contribution in [2.24, 2.45) is 23.5 Å². The van der Waals surface area contributed by atoms with Crippen LogP contribution < -0.4 is 5.73 Å². The lowest BCUT2D eigenvalue weighted by Crippen LogP contribution is -2.50. The number of hydrogen-bond acceptors (Lipinski definition) is 3. The quantitative estimate of drug-likeness (QED) is 0.614. The summed E-state index contributed by atoms with van der Waals surface area (Å²) < 4.78 is 5.53. The number of esters is 1. The van der Waals surface area contributed by atoms with E-state index in [0.29, 0.717) is 11.8 Å². The second kappa shape index (κ2) is 2.97. The highest BCUT2D eigenvalue weighted by Crippen LogP contribution is 2.48. The van der Waals surface area contributed by atoms with Gasteiger partial charge in [-0.05, 0) is 44.4 Å². The van der Waals surface area contributed by atoms with Crippen molar-refractivity contribution < 1.29 is 9.53 Å². The Morgan fingerprint density at radius 1 is 1.33 bits per heavy atom. The Bertz CT molecular complexity index is 300. The van der Waals surface area contributed by atoms with Crippen LogP contribution in [0, 0.1) is 17.8 Å². The lowest BCUT2D eigenvalue weighted by Gasteiger charge is -2.40. The first-order valence-electron chi connectivity index (χ1n) is 6.04. The number of nitrogens with two attached hydrogens (primary N) is 1. The molecule has 0 aromatic carbocycles. The summed E-state index contributed by atoms with van der Waals surface area (Å²) in [6.07, 6.45) is 5.19. The molecule has 3 rings (SSSR count). The van der Waals surface area contributed by atoms with Gasteiger partial charge in [-0.15, -0.1) is 0 Å². The normalized spacial score (nSPS) is 53.6. The Labute approximate surface area is 90.4 Å². The van der Waals surface area contributed by atoms with Gasteiger partial charge in [0.25, 0.3) is 0 Å². The molecule has 0 radical (unpaired) electrons. The van der Waals surface area contributed by atoms with Crippen LogP contribution in [0.1, 0.15) is 39.0 Å². The predicted molar refractivity (Wildman–Crippen MR) is 56.0 cm³/mol. The fourth-order valence-corrected chi connectivity index (χ4v) is 3.82. The summed E-state index contributed by atoms with van der Waals surface area (Å²) in [5.74, 6) is 1.39. The largest absolute Gasteiger partial charge is 0.462 e. The van der Waals surface area contributed by atoms with E-state index >= 15 is 0 Å². The Morgan fingerprint density at radius 2 is 2.13 bits per heavy atom. The second-order valence-electron chi connectivity index (χ2n) is 5.97. The zero-order valence-corrected chi connectivity index (χ0v) is 9.24. The second-order valence-corrected chi connectivity index (χ2v) is 5.97. The zero-order valence-electron chi connectivity index (χ0n) is 9.24. The van der Waals surface area contributed by atoms with E-state index in [1.807, 2.05) is 0 Å². The van der Waals surface area contributed by atoms with Crippen molar-refractivity contribution in [1.82, 2.24) is 0 Å². The van der Waals surface area contributed by atoms with E-state index < -0.39 is 0 Å². The van der Waals surface area contributed by atoms with Gasteiger partial charge >= 0.3 is 5.97 Å². The van der Waals surface area contributed by atoms with Crippen LogP contribution in [0.25, 0.3) is 0 Å². The van der Waals surface area contributed by atoms with E-state index in [2.05, 4.69) is 6.92 Å². The summed E-state index contributed by atoms with van der Waals surface area (Å²) in [5, 5.41) is 0. The molecule has 3 heteroatoms. The molecule has 2 aliphatic carbocycles. The van der Waals surface area contributed by atoms with Crippen LogP contribution in [0.15, 0.2) is 0 Å². The van der Waals surface area contributed by atoms with Gasteiger partial charge in [0, 0.05) is 12.0 Å². The molecule has 1 saturated heterocycles. The fraction of sp³-hybridized carbons (Fsp3) is 0.917. The van der Waals surface area contributed by atoms with Crippen molar-refractivity contribution in [2.75, 3.05) is 0 Å². The van der Waals surface area contributed by atoms with Crippen molar-refractivity contribution in [3.05, 3.63) is 0 Å². The molecular formula is C12H19NO2. The van der Waals surface area contributed by atoms with E-state index in [1.54, 1.807) is 0 Å². The molecule has 1 heterocycles. The summed E-state index contributed by atoms with van der Waals surface area (Å²) in [4.78, 5) is 11.8. The third-order valence-electron chi connectivity index (χ3n) is 4.62. The van der Waals surface area contributed by atoms with Crippen LogP contribution in [0.5, 0.6) is 0 Å². The van der Waals surface area contributed by atoms with Crippen LogP contribution in [0.3, 0.4) is 0 Å². The first-order valence-corrected chi connectivity index (χ1v) is 6.04. The molecule has 0 spiro atoms. The SMILES string of the molecule is CC1(N)CC2CC3CC(CC1C3)C(=O)O2. The van der Waals surface area contributed by atoms with Crippen LogP contribution in [-0.2, 0) is 9.53 Å². The van der Waals surface area contributed by atoms with E-state index in [1.165, 1.54) is 6.42 Å². The number of rotatable bonds is 0. The predicted octanol–water partition coefficient (Wildman–Crippen LogP) is 1.46. The molecular weight excluding hydrogens is 190 g/mol. The molecule has 4 bridgehead atoms. The average molecular weight is 209 g/mol. The van der Waals surface area contributed by atoms with E-state index in [4.69, 9.17) is 10.5 Å². The third-order valence-corrected chi connectivity index (χ3v) is 4.62. The Kier molecular flexibility index (Phi) is 1.91. The van der Waals surface area contributed by atoms with Crippen LogP contribution in [0.2, 0.25) is 0 Å². The van der Waals surface area contributed by atoms with E-state index in [9.17, 15) is 4.79 Å². The molecule has 15 heavy (non-hydrogen) atoms. The van der Waals surface area contributed by atoms with Gasteiger partial charge in [0.2, 0.25) is 0 Å². The topological polar surface area (TPSA) is 52.3 Å². The third kappa shape index (κ3) is 1.48. The summed E-state index contributed by atoms with van der Waals surface area (Å²) in [6, 6.07) is 0. The first kappa shape index (κ1) is 9.64. The van der Waals surface area contributed by atoms with Crippen LogP contribution >= 0.6 is 0 Å². The maximum Gasteiger partial charge on any atom is 0.309 e. The molecule has 2 saturated carbocycles. The average Bonchev–Trinajstić information content (AvgIpc) is 2.28. The smallest absolute Gasteiger partial charge is 0.309 e. The highest BCUT2D eigenvalue weighted by atomic mass is 16.5. The highest BCUT2D eigenvalue weighted by molar-refractivity contribution is 5.73. The van der Waals surface area contributed by atoms with Gasteiger partial charge in [-0.2, -0.15) is 0 Å². The Balaban J connectivity index is 1.98. The van der Waals surface area contributed by atoms with Crippen LogP contribution in [-0.4, -0.2) is 17.6 Å². The maximum atomic E-state index is 11.8. The van der Waals surface area contributed by atoms with Gasteiger partial charge in [-0.1, -0.05) is 0 Å². The molecule has 84 valence electrons. The standard InChI is InChI=1S/C12H19NO2/c1-12(13)6-10-4-7-2-8(11(14)15-10)5-9(12)3-7/h7-10H,2-6,13H2,1H3. The molecule has 5 unspecified atom stereocenters. The number of carbonyl (C=O) groups is 1. The summed E-state index contributed by atoms with van der Waals surface area (Å²) in [6.45, 7) is 2.13. The molecule has 3 nitrogen and oxygen atoms in total. The molecule has 5 atom stereocenters. The van der Waals surface area contributed by atoms with Gasteiger partial charge in [0.05, 0.1) is 5.92 Å². The molecule has 0 aromatic heterocycles. The molecule has 0 aromatic rings. The monoisotopic (exact) mass is 209 g/mol. The Morgan fingerprint density at radius 3 is 2.93 bits per heavy atom. The fourth-order valence-electron chi connectivity index (χ4n) is 3.82. The summed E-state index contributed by atoms with van der Waals surface area (Å²) in [7, 11) is 0. The van der Waals surface area contributed by atoms with Crippen molar-refractivity contribution in [3.63, 3.8) is 0 Å². The molecule has 3 aliphatic rings. The summed E-state index contributed by atoms with van der Waals surface area (Å²) in [5.41, 5.74) is 6.24. The van der Waals surface area contributed by atoms with Crippen molar-refractivity contribution in [2.45, 2.75) is 50.7 Å². The van der Waals surface area contributed by atoms with E-state index in [0.717, 1.165) is 25.7 Å². The molecule has 3 fully saturated rings. The summed E-state index contributed by atoms with van der Waals surface area (Å²) >= 11 is 0. The number of ether oxygens (including phenoxy) is 1. The molecule has 1 aliphatic heterocycles. The number of carbonyl (C=O) groups excluding carboxylic acids is 1. The number of fused-ring (bicyclic) bond motifs is 3. The molecule has 0 amide bonds. The zero-order chi connectivity index (χ0) is 10.6. The van der Waals surface area contributed by atoms with Crippen molar-refractivity contribution >= 4 is 5.97 Å². The maximum absolute atomic E-state index is 11.8. The van der Waals surface area contributed by atoms with Crippen molar-refractivity contribution in [1.29, 1.82) is 0 Å². The van der Waals surface area contributed by atoms with Gasteiger partial charge in [0.15, 0.2) is 0 Å². The van der Waals surface area contributed by atoms with Gasteiger partial charge in [-0.3, -0.25) is 4.79 Å². The van der Waals surface area contributed by atoms with E-state index in [-0.39, 0.29) is 23.5 Å². The lowest BCUT2D eigenvalue weighted by atomic mass is 9.69. The van der Waals surface area contributed by atoms with Gasteiger partial charge in [-0.25, -0.2) is 0 Å².